The second-order valence-electron chi connectivity index (χ2n) is 7.69. The number of carbonyl (C=O) groups is 1. The summed E-state index contributed by atoms with van der Waals surface area (Å²) in [6.45, 7) is 2.81. The van der Waals surface area contributed by atoms with Gasteiger partial charge in [-0.1, -0.05) is 30.3 Å². The summed E-state index contributed by atoms with van der Waals surface area (Å²) < 4.78 is 33.1. The molecule has 3 aromatic rings. The van der Waals surface area contributed by atoms with Crippen molar-refractivity contribution in [3.05, 3.63) is 90.0 Å². The van der Waals surface area contributed by atoms with Gasteiger partial charge in [-0.15, -0.1) is 0 Å². The van der Waals surface area contributed by atoms with Crippen molar-refractivity contribution in [2.24, 2.45) is 0 Å². The van der Waals surface area contributed by atoms with Crippen molar-refractivity contribution in [1.82, 2.24) is 10.2 Å². The van der Waals surface area contributed by atoms with Crippen LogP contribution in [-0.2, 0) is 10.0 Å². The molecule has 1 amide bonds. The Balaban J connectivity index is 1.62. The number of nitrogens with zero attached hydrogens (tertiary/aromatic N) is 1. The third kappa shape index (κ3) is 6.57. The number of carbonyl (C=O) groups excluding carboxylic acids is 1. The van der Waals surface area contributed by atoms with Gasteiger partial charge in [0.2, 0.25) is 0 Å². The molecule has 8 heteroatoms. The van der Waals surface area contributed by atoms with Crippen molar-refractivity contribution < 1.29 is 17.9 Å². The summed E-state index contributed by atoms with van der Waals surface area (Å²) in [5.74, 6) is 0.384. The van der Waals surface area contributed by atoms with Crippen molar-refractivity contribution in [2.75, 3.05) is 32.0 Å². The lowest BCUT2D eigenvalue weighted by Crippen LogP contribution is -2.34. The highest BCUT2D eigenvalue weighted by Crippen LogP contribution is 2.20. The zero-order chi connectivity index (χ0) is 23.8. The molecule has 0 heterocycles. The third-order valence-corrected chi connectivity index (χ3v) is 6.51. The Morgan fingerprint density at radius 1 is 0.939 bits per heavy atom. The Kier molecular flexibility index (Phi) is 8.08. The van der Waals surface area contributed by atoms with Crippen molar-refractivity contribution in [2.45, 2.75) is 17.9 Å². The van der Waals surface area contributed by atoms with Gasteiger partial charge in [-0.05, 0) is 75.1 Å². The monoisotopic (exact) mass is 467 g/mol. The van der Waals surface area contributed by atoms with Gasteiger partial charge in [-0.2, -0.15) is 0 Å². The lowest BCUT2D eigenvalue weighted by molar-refractivity contribution is 0.0942. The van der Waals surface area contributed by atoms with Gasteiger partial charge in [0.15, 0.2) is 0 Å². The van der Waals surface area contributed by atoms with Gasteiger partial charge in [0.1, 0.15) is 5.75 Å². The Morgan fingerprint density at radius 3 is 2.15 bits per heavy atom. The fourth-order valence-corrected chi connectivity index (χ4v) is 4.41. The zero-order valence-electron chi connectivity index (χ0n) is 19.0. The highest BCUT2D eigenvalue weighted by Gasteiger charge is 2.17. The molecule has 0 saturated carbocycles. The first-order chi connectivity index (χ1) is 15.8. The lowest BCUT2D eigenvalue weighted by Gasteiger charge is -2.25. The van der Waals surface area contributed by atoms with Crippen LogP contribution >= 0.6 is 0 Å². The average Bonchev–Trinajstić information content (AvgIpc) is 2.80. The van der Waals surface area contributed by atoms with Crippen LogP contribution in [0, 0.1) is 0 Å². The van der Waals surface area contributed by atoms with E-state index in [4.69, 9.17) is 4.74 Å². The summed E-state index contributed by atoms with van der Waals surface area (Å²) in [4.78, 5) is 14.8. The van der Waals surface area contributed by atoms with E-state index >= 15 is 0 Å². The maximum atomic E-state index is 12.6. The van der Waals surface area contributed by atoms with Gasteiger partial charge in [-0.3, -0.25) is 9.52 Å². The number of ether oxygens (including phenoxy) is 1. The number of nitrogens with one attached hydrogen (secondary N) is 2. The van der Waals surface area contributed by atoms with E-state index in [9.17, 15) is 13.2 Å². The van der Waals surface area contributed by atoms with Crippen LogP contribution in [0.1, 0.15) is 28.9 Å². The average molecular weight is 468 g/mol. The van der Waals surface area contributed by atoms with Crippen LogP contribution in [-0.4, -0.2) is 46.5 Å². The first kappa shape index (κ1) is 24.3. The van der Waals surface area contributed by atoms with Gasteiger partial charge >= 0.3 is 0 Å². The van der Waals surface area contributed by atoms with Crippen molar-refractivity contribution in [3.63, 3.8) is 0 Å². The SMILES string of the molecule is CCOc1ccc(S(=O)(=O)Nc2ccc(C(=O)NC[C@H](c3ccccc3)N(C)C)cc2)cc1. The number of hydrogen-bond acceptors (Lipinski definition) is 5. The van der Waals surface area contributed by atoms with Gasteiger partial charge in [-0.25, -0.2) is 8.42 Å². The van der Waals surface area contributed by atoms with Crippen LogP contribution in [0.2, 0.25) is 0 Å². The molecule has 2 N–H and O–H groups in total. The van der Waals surface area contributed by atoms with E-state index in [2.05, 4.69) is 14.9 Å². The van der Waals surface area contributed by atoms with Crippen molar-refractivity contribution >= 4 is 21.6 Å². The second-order valence-corrected chi connectivity index (χ2v) is 9.37. The third-order valence-electron chi connectivity index (χ3n) is 5.11. The molecule has 0 radical (unpaired) electrons. The van der Waals surface area contributed by atoms with Crippen LogP contribution in [0.15, 0.2) is 83.8 Å². The molecule has 33 heavy (non-hydrogen) atoms. The number of hydrogen-bond donors (Lipinski definition) is 2. The quantitative estimate of drug-likeness (QED) is 0.472. The standard InChI is InChI=1S/C25H29N3O4S/c1-4-32-22-14-16-23(17-15-22)33(30,31)27-21-12-10-20(11-13-21)25(29)26-18-24(28(2)3)19-8-6-5-7-9-19/h5-17,24,27H,4,18H2,1-3H3,(H,26,29)/t24-/m1/s1. The molecule has 0 bridgehead atoms. The Labute approximate surface area is 195 Å². The van der Waals surface area contributed by atoms with E-state index in [0.717, 1.165) is 5.56 Å². The van der Waals surface area contributed by atoms with Gasteiger partial charge < -0.3 is 15.0 Å². The summed E-state index contributed by atoms with van der Waals surface area (Å²) in [6, 6.07) is 22.5. The van der Waals surface area contributed by atoms with E-state index in [0.29, 0.717) is 30.2 Å². The molecule has 0 saturated heterocycles. The molecule has 0 unspecified atom stereocenters. The summed E-state index contributed by atoms with van der Waals surface area (Å²) in [7, 11) is 0.183. The molecule has 0 aliphatic rings. The van der Waals surface area contributed by atoms with Crippen molar-refractivity contribution in [1.29, 1.82) is 0 Å². The zero-order valence-corrected chi connectivity index (χ0v) is 19.8. The van der Waals surface area contributed by atoms with Crippen LogP contribution in [0.25, 0.3) is 0 Å². The van der Waals surface area contributed by atoms with Gasteiger partial charge in [0.25, 0.3) is 15.9 Å². The molecule has 3 aromatic carbocycles. The number of rotatable bonds is 10. The van der Waals surface area contributed by atoms with E-state index in [1.54, 1.807) is 36.4 Å². The highest BCUT2D eigenvalue weighted by molar-refractivity contribution is 7.92. The van der Waals surface area contributed by atoms with Crippen molar-refractivity contribution in [3.8, 4) is 5.75 Å². The summed E-state index contributed by atoms with van der Waals surface area (Å²) in [6.07, 6.45) is 0. The maximum absolute atomic E-state index is 12.6. The molecule has 174 valence electrons. The highest BCUT2D eigenvalue weighted by atomic mass is 32.2. The fraction of sp³-hybridized carbons (Fsp3) is 0.240. The largest absolute Gasteiger partial charge is 0.494 e. The molecular formula is C25H29N3O4S. The molecule has 0 aromatic heterocycles. The fourth-order valence-electron chi connectivity index (χ4n) is 3.35. The molecular weight excluding hydrogens is 438 g/mol. The minimum absolute atomic E-state index is 0.0374. The first-order valence-electron chi connectivity index (χ1n) is 10.7. The van der Waals surface area contributed by atoms with E-state index in [1.807, 2.05) is 51.4 Å². The second kappa shape index (κ2) is 11.0. The van der Waals surface area contributed by atoms with E-state index in [-0.39, 0.29) is 16.8 Å². The molecule has 0 aliphatic heterocycles. The van der Waals surface area contributed by atoms with Crippen LogP contribution < -0.4 is 14.8 Å². The Hall–Kier alpha value is -3.36. The molecule has 1 atom stereocenters. The molecule has 0 aliphatic carbocycles. The minimum Gasteiger partial charge on any atom is -0.494 e. The lowest BCUT2D eigenvalue weighted by atomic mass is 10.1. The number of amides is 1. The van der Waals surface area contributed by atoms with Crippen LogP contribution in [0.3, 0.4) is 0 Å². The predicted octanol–water partition coefficient (Wildman–Crippen LogP) is 3.92. The minimum atomic E-state index is -3.75. The number of sulfonamides is 1. The maximum Gasteiger partial charge on any atom is 0.261 e. The molecule has 7 nitrogen and oxygen atoms in total. The normalized spacial score (nSPS) is 12.2. The topological polar surface area (TPSA) is 87.7 Å². The van der Waals surface area contributed by atoms with Crippen LogP contribution in [0.5, 0.6) is 5.75 Å². The molecule has 3 rings (SSSR count). The number of anilines is 1. The smallest absolute Gasteiger partial charge is 0.261 e. The summed E-state index contributed by atoms with van der Waals surface area (Å²) in [5.41, 5.74) is 1.93. The van der Waals surface area contributed by atoms with Gasteiger partial charge in [0, 0.05) is 17.8 Å². The molecule has 0 spiro atoms. The van der Waals surface area contributed by atoms with Crippen LogP contribution in [0.4, 0.5) is 5.69 Å². The Morgan fingerprint density at radius 2 is 1.58 bits per heavy atom. The summed E-state index contributed by atoms with van der Waals surface area (Å²) >= 11 is 0. The predicted molar refractivity (Wildman–Crippen MR) is 130 cm³/mol. The first-order valence-corrected chi connectivity index (χ1v) is 12.1. The summed E-state index contributed by atoms with van der Waals surface area (Å²) in [5, 5.41) is 2.96. The van der Waals surface area contributed by atoms with Gasteiger partial charge in [0.05, 0.1) is 17.5 Å². The number of benzene rings is 3. The van der Waals surface area contributed by atoms with E-state index < -0.39 is 10.0 Å². The molecule has 0 fully saturated rings. The van der Waals surface area contributed by atoms with E-state index in [1.165, 1.54) is 12.1 Å². The number of likely N-dealkylation sites (N-methyl/N-ethyl adjacent to an activating group) is 1. The Bertz CT molecular complexity index is 1150.